The van der Waals surface area contributed by atoms with Crippen LogP contribution < -0.4 is 9.47 Å². The zero-order chi connectivity index (χ0) is 27.6. The fourth-order valence-corrected chi connectivity index (χ4v) is 2.45. The van der Waals surface area contributed by atoms with Crippen LogP contribution in [0.2, 0.25) is 0 Å². The summed E-state index contributed by atoms with van der Waals surface area (Å²) < 4.78 is 92.2. The summed E-state index contributed by atoms with van der Waals surface area (Å²) in [6.45, 7) is -4.88. The number of benzene rings is 1. The molecular formula is C22H34F4O11. The number of aliphatic hydroxyl groups excluding tert-OH is 3. The van der Waals surface area contributed by atoms with Gasteiger partial charge in [-0.05, 0) is 24.3 Å². The van der Waals surface area contributed by atoms with Crippen LogP contribution in [0.5, 0.6) is 11.5 Å². The Kier molecular flexibility index (Phi) is 16.5. The summed E-state index contributed by atoms with van der Waals surface area (Å²) in [4.78, 5) is 0. The molecule has 0 radical (unpaired) electrons. The molecule has 0 amide bonds. The number of hydrogen-bond acceptors (Lipinski definition) is 11. The smallest absolute Gasteiger partial charge is 0.383 e. The minimum atomic E-state index is -4.36. The second-order valence-corrected chi connectivity index (χ2v) is 7.43. The zero-order valence-corrected chi connectivity index (χ0v) is 20.4. The van der Waals surface area contributed by atoms with Gasteiger partial charge in [-0.15, -0.1) is 0 Å². The number of rotatable bonds is 23. The number of methoxy groups -OCH3 is 1. The third-order valence-electron chi connectivity index (χ3n) is 4.05. The molecule has 3 N–H and O–H groups in total. The Balaban J connectivity index is 2.12. The lowest BCUT2D eigenvalue weighted by atomic mass is 10.3. The van der Waals surface area contributed by atoms with Gasteiger partial charge in [0.15, 0.2) is 0 Å². The van der Waals surface area contributed by atoms with Crippen molar-refractivity contribution in [3.8, 4) is 11.5 Å². The first kappa shape index (κ1) is 33.2. The third-order valence-corrected chi connectivity index (χ3v) is 4.05. The predicted octanol–water partition coefficient (Wildman–Crippen LogP) is 1.03. The molecule has 1 aromatic carbocycles. The maximum atomic E-state index is 13.7. The average Bonchev–Trinajstić information content (AvgIpc) is 2.84. The predicted molar refractivity (Wildman–Crippen MR) is 118 cm³/mol. The quantitative estimate of drug-likeness (QED) is 0.102. The Bertz CT molecular complexity index is 698. The number of alkyl halides is 4. The molecule has 37 heavy (non-hydrogen) atoms. The average molecular weight is 550 g/mol. The SMILES string of the molecule is COc1ccc(OCC(O)COCC(F)(F)OC(F)(F)COCOCCOCC(O)COCCO)cc1. The van der Waals surface area contributed by atoms with Crippen molar-refractivity contribution >= 4 is 0 Å². The lowest BCUT2D eigenvalue weighted by Crippen LogP contribution is -2.40. The van der Waals surface area contributed by atoms with Gasteiger partial charge in [-0.3, -0.25) is 4.74 Å². The van der Waals surface area contributed by atoms with E-state index >= 15 is 0 Å². The molecular weight excluding hydrogens is 516 g/mol. The summed E-state index contributed by atoms with van der Waals surface area (Å²) in [7, 11) is 1.49. The standard InChI is InChI=1S/C22H34F4O11/c1-30-19-2-4-20(5-3-19)36-13-18(29)12-34-14-21(23,24)37-22(25,26)15-35-16-33-9-8-32-11-17(28)10-31-7-6-27/h2-5,17-18,27-29H,6-16H2,1H3. The van der Waals surface area contributed by atoms with Crippen molar-refractivity contribution in [2.24, 2.45) is 0 Å². The largest absolute Gasteiger partial charge is 0.497 e. The summed E-state index contributed by atoms with van der Waals surface area (Å²) in [5.74, 6) is 0.984. The summed E-state index contributed by atoms with van der Waals surface area (Å²) in [6, 6.07) is 6.38. The second-order valence-electron chi connectivity index (χ2n) is 7.43. The third kappa shape index (κ3) is 17.3. The summed E-state index contributed by atoms with van der Waals surface area (Å²) >= 11 is 0. The van der Waals surface area contributed by atoms with Gasteiger partial charge >= 0.3 is 12.2 Å². The molecule has 0 aliphatic heterocycles. The first-order valence-electron chi connectivity index (χ1n) is 11.2. The van der Waals surface area contributed by atoms with Gasteiger partial charge in [0.25, 0.3) is 0 Å². The van der Waals surface area contributed by atoms with E-state index in [4.69, 9.17) is 28.8 Å². The normalized spacial score (nSPS) is 13.9. The zero-order valence-electron chi connectivity index (χ0n) is 20.4. The number of aliphatic hydroxyl groups is 3. The van der Waals surface area contributed by atoms with E-state index < -0.39 is 51.0 Å². The van der Waals surface area contributed by atoms with Crippen LogP contribution in [-0.2, 0) is 28.4 Å². The van der Waals surface area contributed by atoms with Crippen LogP contribution in [0.25, 0.3) is 0 Å². The van der Waals surface area contributed by atoms with E-state index in [9.17, 15) is 27.8 Å². The topological polar surface area (TPSA) is 135 Å². The van der Waals surface area contributed by atoms with Gasteiger partial charge in [0, 0.05) is 0 Å². The minimum absolute atomic E-state index is 0.000287. The van der Waals surface area contributed by atoms with Crippen molar-refractivity contribution in [3.63, 3.8) is 0 Å². The highest BCUT2D eigenvalue weighted by atomic mass is 19.3. The van der Waals surface area contributed by atoms with Crippen LogP contribution >= 0.6 is 0 Å². The molecule has 2 unspecified atom stereocenters. The maximum absolute atomic E-state index is 13.7. The van der Waals surface area contributed by atoms with Gasteiger partial charge in [-0.25, -0.2) is 0 Å². The molecule has 11 nitrogen and oxygen atoms in total. The van der Waals surface area contributed by atoms with Gasteiger partial charge in [-0.1, -0.05) is 0 Å². The lowest BCUT2D eigenvalue weighted by molar-refractivity contribution is -0.396. The monoisotopic (exact) mass is 550 g/mol. The van der Waals surface area contributed by atoms with Crippen molar-refractivity contribution in [1.29, 1.82) is 0 Å². The van der Waals surface area contributed by atoms with E-state index in [-0.39, 0.29) is 46.2 Å². The van der Waals surface area contributed by atoms with Gasteiger partial charge in [0.05, 0.1) is 53.4 Å². The van der Waals surface area contributed by atoms with Crippen molar-refractivity contribution in [1.82, 2.24) is 0 Å². The molecule has 0 aliphatic rings. The van der Waals surface area contributed by atoms with E-state index in [0.717, 1.165) is 0 Å². The molecule has 0 saturated carbocycles. The highest BCUT2D eigenvalue weighted by Crippen LogP contribution is 2.27. The summed E-state index contributed by atoms with van der Waals surface area (Å²) in [5, 5.41) is 27.8. The second kappa shape index (κ2) is 18.4. The molecule has 0 fully saturated rings. The van der Waals surface area contributed by atoms with Crippen LogP contribution in [0.15, 0.2) is 24.3 Å². The molecule has 0 aliphatic carbocycles. The fraction of sp³-hybridized carbons (Fsp3) is 0.727. The Morgan fingerprint density at radius 3 is 1.84 bits per heavy atom. The number of halogens is 4. The van der Waals surface area contributed by atoms with Gasteiger partial charge in [0.1, 0.15) is 50.3 Å². The van der Waals surface area contributed by atoms with Crippen LogP contribution in [0.3, 0.4) is 0 Å². The molecule has 0 spiro atoms. The number of ether oxygens (including phenoxy) is 8. The molecule has 1 rings (SSSR count). The highest BCUT2D eigenvalue weighted by molar-refractivity contribution is 5.31. The minimum Gasteiger partial charge on any atom is -0.497 e. The van der Waals surface area contributed by atoms with Crippen molar-refractivity contribution in [2.75, 3.05) is 80.0 Å². The molecule has 0 saturated heterocycles. The van der Waals surface area contributed by atoms with Gasteiger partial charge < -0.3 is 48.5 Å². The van der Waals surface area contributed by atoms with E-state index in [0.29, 0.717) is 11.5 Å². The lowest BCUT2D eigenvalue weighted by Gasteiger charge is -2.24. The van der Waals surface area contributed by atoms with Crippen LogP contribution in [0.4, 0.5) is 17.6 Å². The van der Waals surface area contributed by atoms with Gasteiger partial charge in [0.2, 0.25) is 0 Å². The van der Waals surface area contributed by atoms with Crippen molar-refractivity contribution in [3.05, 3.63) is 24.3 Å². The van der Waals surface area contributed by atoms with Crippen LogP contribution in [0.1, 0.15) is 0 Å². The van der Waals surface area contributed by atoms with Crippen molar-refractivity contribution < 1.29 is 70.8 Å². The Morgan fingerprint density at radius 2 is 1.22 bits per heavy atom. The Morgan fingerprint density at radius 1 is 0.703 bits per heavy atom. The molecule has 0 bridgehead atoms. The molecule has 216 valence electrons. The molecule has 1 aromatic rings. The fourth-order valence-electron chi connectivity index (χ4n) is 2.45. The Hall–Kier alpha value is -1.82. The van der Waals surface area contributed by atoms with E-state index in [1.807, 2.05) is 0 Å². The summed E-state index contributed by atoms with van der Waals surface area (Å²) in [5.41, 5.74) is 0. The van der Waals surface area contributed by atoms with Crippen LogP contribution in [0, 0.1) is 0 Å². The van der Waals surface area contributed by atoms with Gasteiger partial charge in [-0.2, -0.15) is 17.6 Å². The highest BCUT2D eigenvalue weighted by Gasteiger charge is 2.44. The van der Waals surface area contributed by atoms with E-state index in [1.165, 1.54) is 7.11 Å². The van der Waals surface area contributed by atoms with E-state index in [2.05, 4.69) is 14.2 Å². The van der Waals surface area contributed by atoms with E-state index in [1.54, 1.807) is 24.3 Å². The Labute approximate surface area is 211 Å². The van der Waals surface area contributed by atoms with Crippen LogP contribution in [-0.4, -0.2) is 120 Å². The number of hydrogen-bond donors (Lipinski definition) is 3. The van der Waals surface area contributed by atoms with Crippen molar-refractivity contribution in [2.45, 2.75) is 24.4 Å². The first-order valence-corrected chi connectivity index (χ1v) is 11.2. The first-order chi connectivity index (χ1) is 17.6. The molecule has 0 heterocycles. The molecule has 15 heteroatoms. The maximum Gasteiger partial charge on any atom is 0.383 e. The molecule has 0 aromatic heterocycles. The summed E-state index contributed by atoms with van der Waals surface area (Å²) in [6.07, 6.45) is -10.9. The molecule has 2 atom stereocenters.